The minimum Gasteiger partial charge on any atom is -0.370 e. The van der Waals surface area contributed by atoms with Gasteiger partial charge in [0.2, 0.25) is 5.91 Å². The number of hydrogen-bond donors (Lipinski definition) is 0. The summed E-state index contributed by atoms with van der Waals surface area (Å²) in [5, 5.41) is 0. The third-order valence-corrected chi connectivity index (χ3v) is 3.58. The van der Waals surface area contributed by atoms with E-state index >= 15 is 0 Å². The summed E-state index contributed by atoms with van der Waals surface area (Å²) in [5.41, 5.74) is 1.86. The Labute approximate surface area is 114 Å². The third kappa shape index (κ3) is 3.34. The van der Waals surface area contributed by atoms with Gasteiger partial charge < -0.3 is 9.80 Å². The molecule has 0 aromatic heterocycles. The number of ketones is 1. The molecule has 0 bridgehead atoms. The zero-order valence-electron chi connectivity index (χ0n) is 11.6. The number of nitrogens with zero attached hydrogens (tertiary/aromatic N) is 2. The van der Waals surface area contributed by atoms with Crippen LogP contribution in [0.5, 0.6) is 0 Å². The van der Waals surface area contributed by atoms with Crippen LogP contribution in [0.3, 0.4) is 0 Å². The van der Waals surface area contributed by atoms with Crippen molar-refractivity contribution in [2.24, 2.45) is 0 Å². The highest BCUT2D eigenvalue weighted by molar-refractivity contribution is 5.94. The molecule has 1 aromatic carbocycles. The van der Waals surface area contributed by atoms with Gasteiger partial charge in [-0.15, -0.1) is 0 Å². The van der Waals surface area contributed by atoms with Crippen molar-refractivity contribution < 1.29 is 9.59 Å². The van der Waals surface area contributed by atoms with Crippen LogP contribution < -0.4 is 4.90 Å². The van der Waals surface area contributed by atoms with Crippen LogP contribution in [0.15, 0.2) is 24.3 Å². The number of rotatable bonds is 2. The maximum Gasteiger partial charge on any atom is 0.219 e. The summed E-state index contributed by atoms with van der Waals surface area (Å²) in [5.74, 6) is 0.235. The second kappa shape index (κ2) is 5.87. The van der Waals surface area contributed by atoms with Crippen molar-refractivity contribution in [3.8, 4) is 0 Å². The van der Waals surface area contributed by atoms with Gasteiger partial charge in [0.15, 0.2) is 5.78 Å². The van der Waals surface area contributed by atoms with Crippen LogP contribution in [-0.2, 0) is 4.79 Å². The van der Waals surface area contributed by atoms with Gasteiger partial charge >= 0.3 is 0 Å². The molecule has 1 amide bonds. The lowest BCUT2D eigenvalue weighted by atomic mass is 10.1. The van der Waals surface area contributed by atoms with Crippen molar-refractivity contribution in [1.29, 1.82) is 0 Å². The van der Waals surface area contributed by atoms with Gasteiger partial charge in [-0.2, -0.15) is 0 Å². The van der Waals surface area contributed by atoms with E-state index in [9.17, 15) is 9.59 Å². The molecule has 102 valence electrons. The van der Waals surface area contributed by atoms with E-state index < -0.39 is 0 Å². The fourth-order valence-electron chi connectivity index (χ4n) is 2.40. The predicted molar refractivity (Wildman–Crippen MR) is 75.5 cm³/mol. The molecule has 1 fully saturated rings. The lowest BCUT2D eigenvalue weighted by molar-refractivity contribution is -0.128. The van der Waals surface area contributed by atoms with Crippen molar-refractivity contribution in [2.45, 2.75) is 20.3 Å². The summed E-state index contributed by atoms with van der Waals surface area (Å²) >= 11 is 0. The minimum atomic E-state index is 0.0881. The first kappa shape index (κ1) is 13.6. The highest BCUT2D eigenvalue weighted by Gasteiger charge is 2.16. The summed E-state index contributed by atoms with van der Waals surface area (Å²) in [4.78, 5) is 26.8. The van der Waals surface area contributed by atoms with Crippen LogP contribution in [0.4, 0.5) is 5.69 Å². The van der Waals surface area contributed by atoms with Gasteiger partial charge in [-0.25, -0.2) is 0 Å². The minimum absolute atomic E-state index is 0.0881. The van der Waals surface area contributed by atoms with Gasteiger partial charge in [0.1, 0.15) is 0 Å². The van der Waals surface area contributed by atoms with Gasteiger partial charge in [0, 0.05) is 44.4 Å². The normalized spacial score (nSPS) is 16.1. The van der Waals surface area contributed by atoms with E-state index in [4.69, 9.17) is 0 Å². The van der Waals surface area contributed by atoms with Gasteiger partial charge in [0.05, 0.1) is 0 Å². The Bertz CT molecular complexity index is 468. The van der Waals surface area contributed by atoms with Crippen LogP contribution in [-0.4, -0.2) is 42.8 Å². The Balaban J connectivity index is 2.05. The third-order valence-electron chi connectivity index (χ3n) is 3.58. The number of anilines is 1. The molecule has 0 aliphatic carbocycles. The number of carbonyl (C=O) groups is 2. The van der Waals surface area contributed by atoms with Crippen LogP contribution in [0.2, 0.25) is 0 Å². The standard InChI is InChI=1S/C15H20N2O2/c1-12(18)14-4-6-15(7-5-14)17-9-3-8-16(10-11-17)13(2)19/h4-7H,3,8-11H2,1-2H3. The molecule has 0 radical (unpaired) electrons. The number of benzene rings is 1. The fourth-order valence-corrected chi connectivity index (χ4v) is 2.40. The summed E-state index contributed by atoms with van der Waals surface area (Å²) in [6.45, 7) is 6.59. The van der Waals surface area contributed by atoms with Crippen molar-refractivity contribution in [1.82, 2.24) is 4.90 Å². The summed E-state index contributed by atoms with van der Waals surface area (Å²) in [6.07, 6.45) is 0.980. The van der Waals surface area contributed by atoms with E-state index in [1.54, 1.807) is 13.8 Å². The largest absolute Gasteiger partial charge is 0.370 e. The maximum absolute atomic E-state index is 11.4. The van der Waals surface area contributed by atoms with Gasteiger partial charge in [-0.3, -0.25) is 9.59 Å². The molecule has 0 N–H and O–H groups in total. The summed E-state index contributed by atoms with van der Waals surface area (Å²) in [6, 6.07) is 7.71. The number of Topliss-reactive ketones (excluding diaryl/α,β-unsaturated/α-hetero) is 1. The molecular weight excluding hydrogens is 240 g/mol. The molecule has 1 saturated heterocycles. The first-order chi connectivity index (χ1) is 9.08. The molecule has 1 aliphatic rings. The highest BCUT2D eigenvalue weighted by atomic mass is 16.2. The molecular formula is C15H20N2O2. The van der Waals surface area contributed by atoms with E-state index in [-0.39, 0.29) is 11.7 Å². The van der Waals surface area contributed by atoms with Crippen LogP contribution in [0.1, 0.15) is 30.6 Å². The Hall–Kier alpha value is -1.84. The fraction of sp³-hybridized carbons (Fsp3) is 0.467. The molecule has 0 atom stereocenters. The van der Waals surface area contributed by atoms with E-state index in [1.807, 2.05) is 29.2 Å². The molecule has 0 spiro atoms. The van der Waals surface area contributed by atoms with Gasteiger partial charge in [-0.1, -0.05) is 0 Å². The molecule has 0 unspecified atom stereocenters. The average molecular weight is 260 g/mol. The molecule has 4 nitrogen and oxygen atoms in total. The van der Waals surface area contributed by atoms with E-state index in [0.29, 0.717) is 0 Å². The van der Waals surface area contributed by atoms with Crippen molar-refractivity contribution in [2.75, 3.05) is 31.1 Å². The monoisotopic (exact) mass is 260 g/mol. The van der Waals surface area contributed by atoms with Crippen LogP contribution in [0, 0.1) is 0 Å². The second-order valence-corrected chi connectivity index (χ2v) is 4.95. The molecule has 1 aromatic rings. The maximum atomic E-state index is 11.4. The second-order valence-electron chi connectivity index (χ2n) is 4.95. The number of hydrogen-bond acceptors (Lipinski definition) is 3. The smallest absolute Gasteiger partial charge is 0.219 e. The Morgan fingerprint density at radius 3 is 2.21 bits per heavy atom. The first-order valence-corrected chi connectivity index (χ1v) is 6.69. The van der Waals surface area contributed by atoms with E-state index in [1.165, 1.54) is 0 Å². The first-order valence-electron chi connectivity index (χ1n) is 6.69. The van der Waals surface area contributed by atoms with E-state index in [2.05, 4.69) is 4.90 Å². The Morgan fingerprint density at radius 2 is 1.63 bits per heavy atom. The van der Waals surface area contributed by atoms with Gasteiger partial charge in [-0.05, 0) is 37.6 Å². The SMILES string of the molecule is CC(=O)c1ccc(N2CCCN(C(C)=O)CC2)cc1. The van der Waals surface area contributed by atoms with Crippen LogP contribution >= 0.6 is 0 Å². The molecule has 1 aliphatic heterocycles. The van der Waals surface area contributed by atoms with E-state index in [0.717, 1.165) is 43.9 Å². The topological polar surface area (TPSA) is 40.6 Å². The Kier molecular flexibility index (Phi) is 4.20. The van der Waals surface area contributed by atoms with Crippen molar-refractivity contribution in [3.63, 3.8) is 0 Å². The molecule has 1 heterocycles. The Morgan fingerprint density at radius 1 is 0.947 bits per heavy atom. The molecule has 0 saturated carbocycles. The number of amides is 1. The predicted octanol–water partition coefficient (Wildman–Crippen LogP) is 1.95. The van der Waals surface area contributed by atoms with Crippen molar-refractivity contribution >= 4 is 17.4 Å². The molecule has 4 heteroatoms. The number of carbonyl (C=O) groups excluding carboxylic acids is 2. The molecule has 2 rings (SSSR count). The average Bonchev–Trinajstić information content (AvgIpc) is 2.64. The zero-order valence-corrected chi connectivity index (χ0v) is 11.6. The van der Waals surface area contributed by atoms with Crippen LogP contribution in [0.25, 0.3) is 0 Å². The lowest BCUT2D eigenvalue weighted by Gasteiger charge is -2.23. The molecule has 19 heavy (non-hydrogen) atoms. The summed E-state index contributed by atoms with van der Waals surface area (Å²) in [7, 11) is 0. The van der Waals surface area contributed by atoms with Gasteiger partial charge in [0.25, 0.3) is 0 Å². The lowest BCUT2D eigenvalue weighted by Crippen LogP contribution is -2.33. The highest BCUT2D eigenvalue weighted by Crippen LogP contribution is 2.17. The van der Waals surface area contributed by atoms with Crippen molar-refractivity contribution in [3.05, 3.63) is 29.8 Å². The summed E-state index contributed by atoms with van der Waals surface area (Å²) < 4.78 is 0. The zero-order chi connectivity index (χ0) is 13.8. The quantitative estimate of drug-likeness (QED) is 0.763.